The van der Waals surface area contributed by atoms with Crippen molar-refractivity contribution in [3.8, 4) is 5.75 Å². The lowest BCUT2D eigenvalue weighted by atomic mass is 9.87. The summed E-state index contributed by atoms with van der Waals surface area (Å²) in [5, 5.41) is 0. The normalized spacial score (nSPS) is 17.4. The van der Waals surface area contributed by atoms with E-state index in [9.17, 15) is 4.79 Å². The second kappa shape index (κ2) is 7.84. The zero-order valence-electron chi connectivity index (χ0n) is 15.4. The summed E-state index contributed by atoms with van der Waals surface area (Å²) in [6.07, 6.45) is 1.45. The molecule has 1 aromatic rings. The Labute approximate surface area is 146 Å². The van der Waals surface area contributed by atoms with Crippen molar-refractivity contribution in [1.82, 2.24) is 9.80 Å². The van der Waals surface area contributed by atoms with Gasteiger partial charge in [0, 0.05) is 32.7 Å². The Morgan fingerprint density at radius 3 is 2.29 bits per heavy atom. The first kappa shape index (κ1) is 18.5. The highest BCUT2D eigenvalue weighted by atomic mass is 16.5. The van der Waals surface area contributed by atoms with Crippen LogP contribution >= 0.6 is 0 Å². The molecule has 2 rings (SSSR count). The predicted octanol–water partition coefficient (Wildman–Crippen LogP) is 3.08. The average molecular weight is 330 g/mol. The van der Waals surface area contributed by atoms with Crippen LogP contribution < -0.4 is 4.74 Å². The highest BCUT2D eigenvalue weighted by molar-refractivity contribution is 5.81. The number of carbonyl (C=O) groups excluding carboxylic acids is 1. The number of benzene rings is 1. The topological polar surface area (TPSA) is 32.8 Å². The first-order valence-electron chi connectivity index (χ1n) is 8.70. The number of hydrogen-bond donors (Lipinski definition) is 0. The number of hydrogen-bond acceptors (Lipinski definition) is 3. The summed E-state index contributed by atoms with van der Waals surface area (Å²) >= 11 is 0. The first-order valence-corrected chi connectivity index (χ1v) is 8.70. The largest absolute Gasteiger partial charge is 0.481 e. The van der Waals surface area contributed by atoms with Crippen LogP contribution in [0.1, 0.15) is 33.3 Å². The fourth-order valence-corrected chi connectivity index (χ4v) is 2.88. The Balaban J connectivity index is 1.89. The number of piperazine rings is 1. The summed E-state index contributed by atoms with van der Waals surface area (Å²) in [5.41, 5.74) is 1.37. The molecule has 0 spiro atoms. The number of carbonyl (C=O) groups is 1. The molecule has 132 valence electrons. The maximum Gasteiger partial charge on any atom is 0.263 e. The van der Waals surface area contributed by atoms with Crippen molar-refractivity contribution in [3.63, 3.8) is 0 Å². The van der Waals surface area contributed by atoms with Gasteiger partial charge >= 0.3 is 0 Å². The molecule has 0 radical (unpaired) electrons. The van der Waals surface area contributed by atoms with Crippen LogP contribution in [0.2, 0.25) is 0 Å². The molecule has 1 heterocycles. The molecule has 1 aliphatic rings. The van der Waals surface area contributed by atoms with Gasteiger partial charge in [0.15, 0.2) is 6.10 Å². The lowest BCUT2D eigenvalue weighted by molar-refractivity contribution is -0.139. The van der Waals surface area contributed by atoms with Gasteiger partial charge in [-0.3, -0.25) is 9.69 Å². The third-order valence-electron chi connectivity index (χ3n) is 4.45. The van der Waals surface area contributed by atoms with Gasteiger partial charge in [0.25, 0.3) is 5.91 Å². The van der Waals surface area contributed by atoms with Crippen LogP contribution in [-0.2, 0) is 10.2 Å². The molecule has 1 aliphatic heterocycles. The second-order valence-corrected chi connectivity index (χ2v) is 7.45. The van der Waals surface area contributed by atoms with E-state index in [4.69, 9.17) is 4.74 Å². The Bertz CT molecular complexity index is 552. The minimum Gasteiger partial charge on any atom is -0.481 e. The quantitative estimate of drug-likeness (QED) is 0.778. The number of ether oxygens (including phenoxy) is 1. The predicted molar refractivity (Wildman–Crippen MR) is 98.4 cm³/mol. The van der Waals surface area contributed by atoms with E-state index < -0.39 is 6.10 Å². The number of nitrogens with zero attached hydrogens (tertiary/aromatic N) is 2. The highest BCUT2D eigenvalue weighted by Gasteiger charge is 2.25. The van der Waals surface area contributed by atoms with Crippen LogP contribution in [0.25, 0.3) is 0 Å². The molecular weight excluding hydrogens is 300 g/mol. The monoisotopic (exact) mass is 330 g/mol. The molecular formula is C20H30N2O2. The van der Waals surface area contributed by atoms with E-state index in [2.05, 4.69) is 44.4 Å². The first-order chi connectivity index (χ1) is 11.3. The standard InChI is InChI=1S/C20H30N2O2/c1-6-11-21-12-14-22(15-13-21)19(23)16(2)24-18-9-7-17(8-10-18)20(3,4)5/h6-10,16H,1,11-15H2,2-5H3/t16-/m1/s1. The lowest BCUT2D eigenvalue weighted by Gasteiger charge is -2.35. The van der Waals surface area contributed by atoms with Gasteiger partial charge in [-0.1, -0.05) is 39.0 Å². The van der Waals surface area contributed by atoms with Crippen molar-refractivity contribution in [1.29, 1.82) is 0 Å². The third kappa shape index (κ3) is 4.84. The van der Waals surface area contributed by atoms with Crippen LogP contribution in [0.15, 0.2) is 36.9 Å². The van der Waals surface area contributed by atoms with Gasteiger partial charge in [0.05, 0.1) is 0 Å². The summed E-state index contributed by atoms with van der Waals surface area (Å²) < 4.78 is 5.85. The highest BCUT2D eigenvalue weighted by Crippen LogP contribution is 2.24. The van der Waals surface area contributed by atoms with Gasteiger partial charge in [-0.25, -0.2) is 0 Å². The van der Waals surface area contributed by atoms with E-state index in [1.54, 1.807) is 0 Å². The van der Waals surface area contributed by atoms with E-state index in [1.807, 2.05) is 30.0 Å². The maximum atomic E-state index is 12.6. The third-order valence-corrected chi connectivity index (χ3v) is 4.45. The van der Waals surface area contributed by atoms with Crippen molar-refractivity contribution < 1.29 is 9.53 Å². The van der Waals surface area contributed by atoms with Crippen LogP contribution in [0, 0.1) is 0 Å². The molecule has 1 amide bonds. The van der Waals surface area contributed by atoms with E-state index in [1.165, 1.54) is 5.56 Å². The van der Waals surface area contributed by atoms with Crippen molar-refractivity contribution in [2.45, 2.75) is 39.2 Å². The van der Waals surface area contributed by atoms with Crippen LogP contribution in [0.5, 0.6) is 5.75 Å². The molecule has 4 heteroatoms. The Morgan fingerprint density at radius 2 is 1.79 bits per heavy atom. The Morgan fingerprint density at radius 1 is 1.21 bits per heavy atom. The van der Waals surface area contributed by atoms with Crippen molar-refractivity contribution in [2.75, 3.05) is 32.7 Å². The summed E-state index contributed by atoms with van der Waals surface area (Å²) in [4.78, 5) is 16.8. The summed E-state index contributed by atoms with van der Waals surface area (Å²) in [6.45, 7) is 16.3. The van der Waals surface area contributed by atoms with Gasteiger partial charge in [-0.15, -0.1) is 6.58 Å². The van der Waals surface area contributed by atoms with Crippen molar-refractivity contribution >= 4 is 5.91 Å². The summed E-state index contributed by atoms with van der Waals surface area (Å²) in [6, 6.07) is 8.04. The molecule has 0 saturated carbocycles. The fourth-order valence-electron chi connectivity index (χ4n) is 2.88. The van der Waals surface area contributed by atoms with Gasteiger partial charge in [0.2, 0.25) is 0 Å². The minimum atomic E-state index is -0.462. The van der Waals surface area contributed by atoms with Crippen LogP contribution in [0.3, 0.4) is 0 Å². The molecule has 0 bridgehead atoms. The molecule has 0 unspecified atom stereocenters. The van der Waals surface area contributed by atoms with Crippen molar-refractivity contribution in [3.05, 3.63) is 42.5 Å². The summed E-state index contributed by atoms with van der Waals surface area (Å²) in [7, 11) is 0. The fraction of sp³-hybridized carbons (Fsp3) is 0.550. The SMILES string of the molecule is C=CCN1CCN(C(=O)[C@@H](C)Oc2ccc(C(C)(C)C)cc2)CC1. The molecule has 1 fully saturated rings. The molecule has 0 aliphatic carbocycles. The van der Waals surface area contributed by atoms with E-state index in [0.29, 0.717) is 0 Å². The second-order valence-electron chi connectivity index (χ2n) is 7.45. The van der Waals surface area contributed by atoms with Crippen molar-refractivity contribution in [2.24, 2.45) is 0 Å². The van der Waals surface area contributed by atoms with Gasteiger partial charge < -0.3 is 9.64 Å². The van der Waals surface area contributed by atoms with Gasteiger partial charge in [-0.2, -0.15) is 0 Å². The molecule has 24 heavy (non-hydrogen) atoms. The smallest absolute Gasteiger partial charge is 0.263 e. The molecule has 0 aromatic heterocycles. The average Bonchev–Trinajstić information content (AvgIpc) is 2.55. The number of amides is 1. The zero-order valence-corrected chi connectivity index (χ0v) is 15.4. The Kier molecular flexibility index (Phi) is 6.05. The molecule has 4 nitrogen and oxygen atoms in total. The maximum absolute atomic E-state index is 12.6. The van der Waals surface area contributed by atoms with Gasteiger partial charge in [-0.05, 0) is 30.0 Å². The molecule has 0 N–H and O–H groups in total. The molecule has 1 atom stereocenters. The Hall–Kier alpha value is -1.81. The zero-order chi connectivity index (χ0) is 17.7. The van der Waals surface area contributed by atoms with E-state index in [-0.39, 0.29) is 11.3 Å². The van der Waals surface area contributed by atoms with Crippen LogP contribution in [-0.4, -0.2) is 54.5 Å². The van der Waals surface area contributed by atoms with E-state index in [0.717, 1.165) is 38.5 Å². The molecule has 1 aromatic carbocycles. The minimum absolute atomic E-state index is 0.0631. The van der Waals surface area contributed by atoms with E-state index >= 15 is 0 Å². The van der Waals surface area contributed by atoms with Gasteiger partial charge in [0.1, 0.15) is 5.75 Å². The lowest BCUT2D eigenvalue weighted by Crippen LogP contribution is -2.51. The van der Waals surface area contributed by atoms with Crippen LogP contribution in [0.4, 0.5) is 0 Å². The number of rotatable bonds is 5. The molecule has 1 saturated heterocycles. The summed E-state index contributed by atoms with van der Waals surface area (Å²) in [5.74, 6) is 0.808.